The number of aromatic amines is 1. The van der Waals surface area contributed by atoms with E-state index in [1.54, 1.807) is 7.11 Å². The topological polar surface area (TPSA) is 63.9 Å². The van der Waals surface area contributed by atoms with Crippen molar-refractivity contribution in [3.8, 4) is 17.0 Å². The number of nitrogens with two attached hydrogens (primary N) is 1. The number of nitrogens with one attached hydrogen (secondary N) is 1. The SMILES string of the molecule is COc1cc(-c2cc(C)[nH]n2)ccc1N. The zero-order valence-corrected chi connectivity index (χ0v) is 8.74. The zero-order valence-electron chi connectivity index (χ0n) is 8.74. The van der Waals surface area contributed by atoms with E-state index in [0.29, 0.717) is 11.4 Å². The van der Waals surface area contributed by atoms with Crippen LogP contribution in [0.5, 0.6) is 5.75 Å². The predicted octanol–water partition coefficient (Wildman–Crippen LogP) is 1.98. The van der Waals surface area contributed by atoms with Crippen molar-refractivity contribution in [2.75, 3.05) is 12.8 Å². The van der Waals surface area contributed by atoms with Crippen molar-refractivity contribution in [3.63, 3.8) is 0 Å². The molecule has 1 aromatic carbocycles. The van der Waals surface area contributed by atoms with Gasteiger partial charge < -0.3 is 10.5 Å². The third-order valence-electron chi connectivity index (χ3n) is 2.24. The first-order valence-electron chi connectivity index (χ1n) is 4.66. The van der Waals surface area contributed by atoms with Gasteiger partial charge in [0.15, 0.2) is 0 Å². The summed E-state index contributed by atoms with van der Waals surface area (Å²) in [5.41, 5.74) is 9.28. The number of benzene rings is 1. The molecular formula is C11H13N3O. The largest absolute Gasteiger partial charge is 0.495 e. The standard InChI is InChI=1S/C11H13N3O/c1-7-5-10(14-13-7)8-3-4-9(12)11(6-8)15-2/h3-6H,12H2,1-2H3,(H,13,14). The second kappa shape index (κ2) is 3.65. The second-order valence-electron chi connectivity index (χ2n) is 3.39. The molecule has 0 spiro atoms. The van der Waals surface area contributed by atoms with Crippen molar-refractivity contribution in [2.45, 2.75) is 6.92 Å². The van der Waals surface area contributed by atoms with Crippen LogP contribution in [0.15, 0.2) is 24.3 Å². The Hall–Kier alpha value is -1.97. The fourth-order valence-corrected chi connectivity index (χ4v) is 1.44. The first-order chi connectivity index (χ1) is 7.20. The monoisotopic (exact) mass is 203 g/mol. The van der Waals surface area contributed by atoms with Crippen LogP contribution in [0.1, 0.15) is 5.69 Å². The molecule has 0 unspecified atom stereocenters. The van der Waals surface area contributed by atoms with Crippen molar-refractivity contribution in [3.05, 3.63) is 30.0 Å². The minimum Gasteiger partial charge on any atom is -0.495 e. The Morgan fingerprint density at radius 1 is 1.33 bits per heavy atom. The van der Waals surface area contributed by atoms with Gasteiger partial charge in [0.25, 0.3) is 0 Å². The van der Waals surface area contributed by atoms with Gasteiger partial charge in [-0.15, -0.1) is 0 Å². The highest BCUT2D eigenvalue weighted by Gasteiger charge is 2.05. The van der Waals surface area contributed by atoms with Crippen LogP contribution < -0.4 is 10.5 Å². The van der Waals surface area contributed by atoms with E-state index in [-0.39, 0.29) is 0 Å². The summed E-state index contributed by atoms with van der Waals surface area (Å²) in [7, 11) is 1.60. The summed E-state index contributed by atoms with van der Waals surface area (Å²) in [5, 5.41) is 7.07. The Morgan fingerprint density at radius 3 is 2.73 bits per heavy atom. The molecular weight excluding hydrogens is 190 g/mol. The Labute approximate surface area is 88.1 Å². The molecule has 0 bridgehead atoms. The molecule has 1 heterocycles. The molecule has 0 aliphatic heterocycles. The highest BCUT2D eigenvalue weighted by molar-refractivity contribution is 5.67. The lowest BCUT2D eigenvalue weighted by atomic mass is 10.1. The summed E-state index contributed by atoms with van der Waals surface area (Å²) in [5.74, 6) is 0.674. The molecule has 0 radical (unpaired) electrons. The first kappa shape index (κ1) is 9.58. The Kier molecular flexibility index (Phi) is 2.33. The van der Waals surface area contributed by atoms with Crippen LogP contribution in [0, 0.1) is 6.92 Å². The normalized spacial score (nSPS) is 10.3. The van der Waals surface area contributed by atoms with Crippen LogP contribution in [-0.4, -0.2) is 17.3 Å². The average Bonchev–Trinajstić information content (AvgIpc) is 2.66. The van der Waals surface area contributed by atoms with E-state index in [1.807, 2.05) is 31.2 Å². The van der Waals surface area contributed by atoms with E-state index in [1.165, 1.54) is 0 Å². The molecule has 0 saturated heterocycles. The maximum absolute atomic E-state index is 5.73. The van der Waals surface area contributed by atoms with Gasteiger partial charge in [-0.05, 0) is 25.1 Å². The van der Waals surface area contributed by atoms with E-state index in [2.05, 4.69) is 10.2 Å². The molecule has 4 heteroatoms. The third kappa shape index (κ3) is 1.79. The Morgan fingerprint density at radius 2 is 2.13 bits per heavy atom. The van der Waals surface area contributed by atoms with Crippen molar-refractivity contribution in [1.82, 2.24) is 10.2 Å². The number of hydrogen-bond donors (Lipinski definition) is 2. The molecule has 0 aliphatic carbocycles. The molecule has 1 aromatic heterocycles. The molecule has 3 N–H and O–H groups in total. The van der Waals surface area contributed by atoms with Crippen LogP contribution >= 0.6 is 0 Å². The number of H-pyrrole nitrogens is 1. The highest BCUT2D eigenvalue weighted by atomic mass is 16.5. The molecule has 0 amide bonds. The molecule has 0 fully saturated rings. The first-order valence-corrected chi connectivity index (χ1v) is 4.66. The number of nitrogen functional groups attached to an aromatic ring is 1. The van der Waals surface area contributed by atoms with Crippen LogP contribution in [0.25, 0.3) is 11.3 Å². The Bertz CT molecular complexity index is 476. The lowest BCUT2D eigenvalue weighted by molar-refractivity contribution is 0.417. The van der Waals surface area contributed by atoms with Gasteiger partial charge in [0.1, 0.15) is 5.75 Å². The summed E-state index contributed by atoms with van der Waals surface area (Å²) in [4.78, 5) is 0. The lowest BCUT2D eigenvalue weighted by Crippen LogP contribution is -1.92. The van der Waals surface area contributed by atoms with Crippen LogP contribution in [-0.2, 0) is 0 Å². The van der Waals surface area contributed by atoms with Gasteiger partial charge in [-0.1, -0.05) is 6.07 Å². The Balaban J connectivity index is 2.45. The fraction of sp³-hybridized carbons (Fsp3) is 0.182. The van der Waals surface area contributed by atoms with Crippen molar-refractivity contribution < 1.29 is 4.74 Å². The number of aryl methyl sites for hydroxylation is 1. The fourth-order valence-electron chi connectivity index (χ4n) is 1.44. The molecule has 0 atom stereocenters. The number of nitrogens with zero attached hydrogens (tertiary/aromatic N) is 1. The van der Waals surface area contributed by atoms with E-state index < -0.39 is 0 Å². The number of aromatic nitrogens is 2. The summed E-state index contributed by atoms with van der Waals surface area (Å²) < 4.78 is 5.15. The second-order valence-corrected chi connectivity index (χ2v) is 3.39. The lowest BCUT2D eigenvalue weighted by Gasteiger charge is -2.05. The van der Waals surface area contributed by atoms with Crippen molar-refractivity contribution >= 4 is 5.69 Å². The van der Waals surface area contributed by atoms with Crippen molar-refractivity contribution in [1.29, 1.82) is 0 Å². The van der Waals surface area contributed by atoms with Gasteiger partial charge in [-0.25, -0.2) is 0 Å². The molecule has 78 valence electrons. The van der Waals surface area contributed by atoms with Gasteiger partial charge in [0.2, 0.25) is 0 Å². The van der Waals surface area contributed by atoms with Crippen LogP contribution in [0.4, 0.5) is 5.69 Å². The molecule has 2 rings (SSSR count). The molecule has 0 saturated carbocycles. The molecule has 15 heavy (non-hydrogen) atoms. The average molecular weight is 203 g/mol. The predicted molar refractivity (Wildman–Crippen MR) is 59.7 cm³/mol. The van der Waals surface area contributed by atoms with Gasteiger partial charge in [-0.2, -0.15) is 5.10 Å². The van der Waals surface area contributed by atoms with E-state index in [4.69, 9.17) is 10.5 Å². The smallest absolute Gasteiger partial charge is 0.142 e. The van der Waals surface area contributed by atoms with Crippen molar-refractivity contribution in [2.24, 2.45) is 0 Å². The van der Waals surface area contributed by atoms with Gasteiger partial charge in [0.05, 0.1) is 18.5 Å². The summed E-state index contributed by atoms with van der Waals surface area (Å²) in [6, 6.07) is 7.60. The van der Waals surface area contributed by atoms with Gasteiger partial charge in [-0.3, -0.25) is 5.10 Å². The number of ether oxygens (including phenoxy) is 1. The third-order valence-corrected chi connectivity index (χ3v) is 2.24. The molecule has 0 aliphatic rings. The maximum Gasteiger partial charge on any atom is 0.142 e. The van der Waals surface area contributed by atoms with Gasteiger partial charge >= 0.3 is 0 Å². The number of methoxy groups -OCH3 is 1. The van der Waals surface area contributed by atoms with E-state index in [0.717, 1.165) is 17.0 Å². The quantitative estimate of drug-likeness (QED) is 0.733. The van der Waals surface area contributed by atoms with Crippen LogP contribution in [0.2, 0.25) is 0 Å². The minimum absolute atomic E-state index is 0.633. The molecule has 4 nitrogen and oxygen atoms in total. The molecule has 2 aromatic rings. The minimum atomic E-state index is 0.633. The van der Waals surface area contributed by atoms with Crippen LogP contribution in [0.3, 0.4) is 0 Å². The van der Waals surface area contributed by atoms with E-state index in [9.17, 15) is 0 Å². The van der Waals surface area contributed by atoms with E-state index >= 15 is 0 Å². The number of rotatable bonds is 2. The number of hydrogen-bond acceptors (Lipinski definition) is 3. The summed E-state index contributed by atoms with van der Waals surface area (Å²) >= 11 is 0. The van der Waals surface area contributed by atoms with Gasteiger partial charge in [0, 0.05) is 11.3 Å². The summed E-state index contributed by atoms with van der Waals surface area (Å²) in [6.45, 7) is 1.96. The summed E-state index contributed by atoms with van der Waals surface area (Å²) in [6.07, 6.45) is 0. The maximum atomic E-state index is 5.73. The number of anilines is 1. The zero-order chi connectivity index (χ0) is 10.8. The highest BCUT2D eigenvalue weighted by Crippen LogP contribution is 2.27.